The Morgan fingerprint density at radius 2 is 1.69 bits per heavy atom. The van der Waals surface area contributed by atoms with Crippen molar-refractivity contribution in [3.63, 3.8) is 0 Å². The zero-order valence-electron chi connectivity index (χ0n) is 17.6. The Hall–Kier alpha value is -3.71. The summed E-state index contributed by atoms with van der Waals surface area (Å²) >= 11 is 5.99. The van der Waals surface area contributed by atoms with Gasteiger partial charge in [-0.1, -0.05) is 11.6 Å². The van der Waals surface area contributed by atoms with E-state index in [0.717, 1.165) is 0 Å². The molecule has 0 radical (unpaired) electrons. The quantitative estimate of drug-likeness (QED) is 0.336. The van der Waals surface area contributed by atoms with Gasteiger partial charge < -0.3 is 19.0 Å². The molecule has 4 rings (SSSR count). The first-order valence-corrected chi connectivity index (χ1v) is 10.1. The molecule has 1 unspecified atom stereocenters. The molecular formula is C24H20ClNO6. The van der Waals surface area contributed by atoms with Crippen LogP contribution in [0.3, 0.4) is 0 Å². The van der Waals surface area contributed by atoms with E-state index >= 15 is 0 Å². The molecule has 1 aliphatic heterocycles. The molecule has 8 heteroatoms. The van der Waals surface area contributed by atoms with Crippen LogP contribution in [0.25, 0.3) is 5.76 Å². The van der Waals surface area contributed by atoms with E-state index in [4.69, 9.17) is 25.5 Å². The molecule has 0 aliphatic carbocycles. The number of Topliss-reactive ketones (excluding diaryl/α,β-unsaturated/α-hetero) is 1. The van der Waals surface area contributed by atoms with Crippen LogP contribution in [-0.4, -0.2) is 31.0 Å². The van der Waals surface area contributed by atoms with Crippen molar-refractivity contribution in [1.82, 2.24) is 0 Å². The SMILES string of the molecule is COc1ccc(/C(O)=C2/C(=O)C(=O)N(c3ccc(Cl)cc3)C2c2ccc(C)o2)cc1OC. The Labute approximate surface area is 189 Å². The predicted octanol–water partition coefficient (Wildman–Crippen LogP) is 4.88. The molecule has 0 bridgehead atoms. The molecule has 2 heterocycles. The second-order valence-corrected chi connectivity index (χ2v) is 7.60. The molecule has 0 saturated carbocycles. The second kappa shape index (κ2) is 8.43. The molecular weight excluding hydrogens is 434 g/mol. The van der Waals surface area contributed by atoms with E-state index in [1.807, 2.05) is 0 Å². The van der Waals surface area contributed by atoms with Gasteiger partial charge in [0.2, 0.25) is 0 Å². The summed E-state index contributed by atoms with van der Waals surface area (Å²) in [5.74, 6) is -0.177. The van der Waals surface area contributed by atoms with E-state index in [-0.39, 0.29) is 11.3 Å². The standard InChI is InChI=1S/C24H20ClNO6/c1-13-4-10-18(32-13)21-20(22(27)14-5-11-17(30-2)19(12-14)31-3)23(28)24(29)26(21)16-8-6-15(25)7-9-16/h4-12,21,27H,1-3H3/b22-20-. The normalized spacial score (nSPS) is 17.6. The number of halogens is 1. The molecule has 1 N–H and O–H groups in total. The van der Waals surface area contributed by atoms with Crippen molar-refractivity contribution in [3.05, 3.63) is 82.3 Å². The summed E-state index contributed by atoms with van der Waals surface area (Å²) in [6.07, 6.45) is 0. The third-order valence-corrected chi connectivity index (χ3v) is 5.49. The molecule has 164 valence electrons. The van der Waals surface area contributed by atoms with Crippen LogP contribution in [0.5, 0.6) is 11.5 Å². The highest BCUT2D eigenvalue weighted by molar-refractivity contribution is 6.51. The van der Waals surface area contributed by atoms with Gasteiger partial charge in [-0.2, -0.15) is 0 Å². The van der Waals surface area contributed by atoms with Gasteiger partial charge >= 0.3 is 0 Å². The summed E-state index contributed by atoms with van der Waals surface area (Å²) in [6, 6.07) is 13.7. The number of benzene rings is 2. The van der Waals surface area contributed by atoms with Crippen molar-refractivity contribution >= 4 is 34.7 Å². The van der Waals surface area contributed by atoms with Gasteiger partial charge in [-0.05, 0) is 61.5 Å². The number of aliphatic hydroxyl groups excluding tert-OH is 1. The predicted molar refractivity (Wildman–Crippen MR) is 119 cm³/mol. The molecule has 1 atom stereocenters. The fourth-order valence-electron chi connectivity index (χ4n) is 3.71. The van der Waals surface area contributed by atoms with Crippen molar-refractivity contribution in [2.75, 3.05) is 19.1 Å². The molecule has 1 fully saturated rings. The Morgan fingerprint density at radius 1 is 1.00 bits per heavy atom. The molecule has 1 amide bonds. The Morgan fingerprint density at radius 3 is 2.28 bits per heavy atom. The van der Waals surface area contributed by atoms with E-state index in [0.29, 0.717) is 39.3 Å². The minimum absolute atomic E-state index is 0.0912. The van der Waals surface area contributed by atoms with Crippen molar-refractivity contribution in [3.8, 4) is 11.5 Å². The maximum Gasteiger partial charge on any atom is 0.300 e. The smallest absolute Gasteiger partial charge is 0.300 e. The van der Waals surface area contributed by atoms with E-state index in [1.165, 1.54) is 25.2 Å². The number of hydrogen-bond acceptors (Lipinski definition) is 6. The van der Waals surface area contributed by atoms with Crippen LogP contribution < -0.4 is 14.4 Å². The number of carbonyl (C=O) groups is 2. The number of hydrogen-bond donors (Lipinski definition) is 1. The highest BCUT2D eigenvalue weighted by Gasteiger charge is 2.48. The summed E-state index contributed by atoms with van der Waals surface area (Å²) in [6.45, 7) is 1.76. The molecule has 2 aromatic carbocycles. The molecule has 7 nitrogen and oxygen atoms in total. The van der Waals surface area contributed by atoms with E-state index in [1.54, 1.807) is 55.5 Å². The van der Waals surface area contributed by atoms with Crippen LogP contribution in [-0.2, 0) is 9.59 Å². The van der Waals surface area contributed by atoms with Crippen LogP contribution in [0.2, 0.25) is 5.02 Å². The Bertz CT molecular complexity index is 1230. The fraction of sp³-hybridized carbons (Fsp3) is 0.167. The number of ether oxygens (including phenoxy) is 2. The average molecular weight is 454 g/mol. The van der Waals surface area contributed by atoms with Crippen molar-refractivity contribution in [2.24, 2.45) is 0 Å². The fourth-order valence-corrected chi connectivity index (χ4v) is 3.84. The van der Waals surface area contributed by atoms with Gasteiger partial charge in [0.25, 0.3) is 11.7 Å². The van der Waals surface area contributed by atoms with E-state index in [9.17, 15) is 14.7 Å². The van der Waals surface area contributed by atoms with Gasteiger partial charge in [0.1, 0.15) is 23.3 Å². The van der Waals surface area contributed by atoms with Gasteiger partial charge in [-0.25, -0.2) is 0 Å². The minimum Gasteiger partial charge on any atom is -0.507 e. The number of carbonyl (C=O) groups excluding carboxylic acids is 2. The van der Waals surface area contributed by atoms with Crippen LogP contribution in [0.4, 0.5) is 5.69 Å². The zero-order chi connectivity index (χ0) is 23.0. The summed E-state index contributed by atoms with van der Waals surface area (Å²) in [5, 5.41) is 11.6. The summed E-state index contributed by atoms with van der Waals surface area (Å²) in [7, 11) is 2.96. The van der Waals surface area contributed by atoms with Crippen molar-refractivity contribution < 1.29 is 28.6 Å². The monoisotopic (exact) mass is 453 g/mol. The third kappa shape index (κ3) is 3.61. The molecule has 0 spiro atoms. The van der Waals surface area contributed by atoms with Gasteiger partial charge in [-0.15, -0.1) is 0 Å². The number of aliphatic hydroxyl groups is 1. The number of amides is 1. The molecule has 1 saturated heterocycles. The Balaban J connectivity index is 1.92. The number of nitrogens with zero attached hydrogens (tertiary/aromatic N) is 1. The lowest BCUT2D eigenvalue weighted by Gasteiger charge is -2.23. The highest BCUT2D eigenvalue weighted by atomic mass is 35.5. The number of furan rings is 1. The second-order valence-electron chi connectivity index (χ2n) is 7.16. The van der Waals surface area contributed by atoms with Gasteiger partial charge in [0.05, 0.1) is 19.8 Å². The number of aryl methyl sites for hydroxylation is 1. The number of anilines is 1. The molecule has 3 aromatic rings. The topological polar surface area (TPSA) is 89.2 Å². The first kappa shape index (κ1) is 21.5. The molecule has 32 heavy (non-hydrogen) atoms. The number of rotatable bonds is 5. The van der Waals surface area contributed by atoms with Gasteiger partial charge in [0.15, 0.2) is 11.5 Å². The lowest BCUT2D eigenvalue weighted by molar-refractivity contribution is -0.132. The number of ketones is 1. The Kier molecular flexibility index (Phi) is 5.67. The van der Waals surface area contributed by atoms with Gasteiger partial charge in [-0.3, -0.25) is 14.5 Å². The lowest BCUT2D eigenvalue weighted by Crippen LogP contribution is -2.29. The average Bonchev–Trinajstić information content (AvgIpc) is 3.34. The van der Waals surface area contributed by atoms with Crippen LogP contribution in [0.1, 0.15) is 23.1 Å². The van der Waals surface area contributed by atoms with Crippen LogP contribution >= 0.6 is 11.6 Å². The summed E-state index contributed by atoms with van der Waals surface area (Å²) < 4.78 is 16.3. The first-order chi connectivity index (χ1) is 15.3. The van der Waals surface area contributed by atoms with Crippen molar-refractivity contribution in [2.45, 2.75) is 13.0 Å². The van der Waals surface area contributed by atoms with Crippen LogP contribution in [0.15, 0.2) is 64.6 Å². The summed E-state index contributed by atoms with van der Waals surface area (Å²) in [4.78, 5) is 27.5. The molecule has 1 aliphatic rings. The third-order valence-electron chi connectivity index (χ3n) is 5.24. The maximum atomic E-state index is 13.1. The minimum atomic E-state index is -0.960. The largest absolute Gasteiger partial charge is 0.507 e. The van der Waals surface area contributed by atoms with E-state index in [2.05, 4.69) is 0 Å². The first-order valence-electron chi connectivity index (χ1n) is 9.71. The number of methoxy groups -OCH3 is 2. The molecule has 1 aromatic heterocycles. The zero-order valence-corrected chi connectivity index (χ0v) is 18.3. The lowest BCUT2D eigenvalue weighted by atomic mass is 9.99. The van der Waals surface area contributed by atoms with Crippen LogP contribution in [0, 0.1) is 6.92 Å². The highest BCUT2D eigenvalue weighted by Crippen LogP contribution is 2.43. The van der Waals surface area contributed by atoms with Crippen molar-refractivity contribution in [1.29, 1.82) is 0 Å². The van der Waals surface area contributed by atoms with Gasteiger partial charge in [0, 0.05) is 16.3 Å². The maximum absolute atomic E-state index is 13.1. The summed E-state index contributed by atoms with van der Waals surface area (Å²) in [5.41, 5.74) is 0.651. The van der Waals surface area contributed by atoms with E-state index < -0.39 is 17.7 Å².